The smallest absolute Gasteiger partial charge is 0.0847 e. The van der Waals surface area contributed by atoms with Crippen LogP contribution >= 0.6 is 11.6 Å². The molecule has 1 atom stereocenters. The van der Waals surface area contributed by atoms with E-state index in [1.165, 1.54) is 18.5 Å². The van der Waals surface area contributed by atoms with Gasteiger partial charge in [0.1, 0.15) is 0 Å². The summed E-state index contributed by atoms with van der Waals surface area (Å²) in [5.41, 5.74) is 2.30. The van der Waals surface area contributed by atoms with Gasteiger partial charge in [0.15, 0.2) is 0 Å². The third kappa shape index (κ3) is 3.51. The summed E-state index contributed by atoms with van der Waals surface area (Å²) in [4.78, 5) is 2.39. The summed E-state index contributed by atoms with van der Waals surface area (Å²) < 4.78 is 0. The van der Waals surface area contributed by atoms with Crippen LogP contribution in [0.15, 0.2) is 24.3 Å². The van der Waals surface area contributed by atoms with E-state index in [1.54, 1.807) is 0 Å². The zero-order valence-electron chi connectivity index (χ0n) is 9.90. The second-order valence-corrected chi connectivity index (χ2v) is 4.74. The lowest BCUT2D eigenvalue weighted by atomic mass is 10.2. The summed E-state index contributed by atoms with van der Waals surface area (Å²) in [6.07, 6.45) is 2.07. The van der Waals surface area contributed by atoms with Crippen molar-refractivity contribution < 1.29 is 5.11 Å². The first kappa shape index (κ1) is 12.5. The predicted octanol–water partition coefficient (Wildman–Crippen LogP) is 2.30. The Hall–Kier alpha value is -0.930. The molecular weight excluding hydrogens is 236 g/mol. The zero-order chi connectivity index (χ0) is 12.1. The second kappa shape index (κ2) is 6.12. The summed E-state index contributed by atoms with van der Waals surface area (Å²) in [6, 6.07) is 8.32. The van der Waals surface area contributed by atoms with Crippen LogP contribution in [0.2, 0.25) is 0 Å². The largest absolute Gasteiger partial charge is 0.390 e. The Morgan fingerprint density at radius 3 is 2.82 bits per heavy atom. The fourth-order valence-electron chi connectivity index (χ4n) is 2.08. The number of rotatable bonds is 5. The van der Waals surface area contributed by atoms with E-state index in [1.807, 2.05) is 12.1 Å². The predicted molar refractivity (Wildman–Crippen MR) is 73.1 cm³/mol. The minimum atomic E-state index is -0.493. The van der Waals surface area contributed by atoms with Crippen LogP contribution in [0.5, 0.6) is 0 Å². The first-order chi connectivity index (χ1) is 8.29. The van der Waals surface area contributed by atoms with Crippen molar-refractivity contribution in [2.45, 2.75) is 18.9 Å². The van der Waals surface area contributed by atoms with E-state index in [9.17, 15) is 5.11 Å². The molecule has 1 aliphatic heterocycles. The fraction of sp³-hybridized carbons (Fsp3) is 0.538. The molecule has 1 saturated heterocycles. The highest BCUT2D eigenvalue weighted by molar-refractivity contribution is 6.18. The fourth-order valence-corrected chi connectivity index (χ4v) is 2.19. The Labute approximate surface area is 107 Å². The van der Waals surface area contributed by atoms with Crippen LogP contribution in [-0.2, 0) is 0 Å². The summed E-state index contributed by atoms with van der Waals surface area (Å²) >= 11 is 5.55. The lowest BCUT2D eigenvalue weighted by Crippen LogP contribution is -2.21. The van der Waals surface area contributed by atoms with E-state index >= 15 is 0 Å². The molecule has 0 aromatic heterocycles. The van der Waals surface area contributed by atoms with Gasteiger partial charge < -0.3 is 15.3 Å². The zero-order valence-corrected chi connectivity index (χ0v) is 10.7. The number of hydrogen-bond acceptors (Lipinski definition) is 3. The van der Waals surface area contributed by atoms with Gasteiger partial charge in [-0.3, -0.25) is 0 Å². The van der Waals surface area contributed by atoms with Crippen LogP contribution in [0.25, 0.3) is 0 Å². The quantitative estimate of drug-likeness (QED) is 0.792. The van der Waals surface area contributed by atoms with Crippen LogP contribution in [0.1, 0.15) is 12.8 Å². The number of hydrogen-bond donors (Lipinski definition) is 2. The Bertz CT molecular complexity index is 353. The maximum atomic E-state index is 9.40. The summed E-state index contributed by atoms with van der Waals surface area (Å²) in [5.74, 6) is 0.263. The van der Waals surface area contributed by atoms with Gasteiger partial charge in [-0.1, -0.05) is 6.07 Å². The molecule has 17 heavy (non-hydrogen) atoms. The van der Waals surface area contributed by atoms with Crippen LogP contribution in [0.4, 0.5) is 11.4 Å². The molecule has 0 amide bonds. The highest BCUT2D eigenvalue weighted by atomic mass is 35.5. The molecule has 3 nitrogen and oxygen atoms in total. The van der Waals surface area contributed by atoms with Gasteiger partial charge >= 0.3 is 0 Å². The number of aliphatic hydroxyl groups is 1. The lowest BCUT2D eigenvalue weighted by molar-refractivity contribution is 0.211. The van der Waals surface area contributed by atoms with Crippen molar-refractivity contribution in [3.63, 3.8) is 0 Å². The average molecular weight is 255 g/mol. The third-order valence-electron chi connectivity index (χ3n) is 3.04. The minimum absolute atomic E-state index is 0.263. The van der Waals surface area contributed by atoms with Crippen molar-refractivity contribution in [3.05, 3.63) is 24.3 Å². The minimum Gasteiger partial charge on any atom is -0.390 e. The first-order valence-electron chi connectivity index (χ1n) is 6.12. The summed E-state index contributed by atoms with van der Waals surface area (Å²) in [6.45, 7) is 2.79. The van der Waals surface area contributed by atoms with E-state index < -0.39 is 6.10 Å². The molecule has 1 fully saturated rings. The molecule has 94 valence electrons. The average Bonchev–Trinajstić information content (AvgIpc) is 2.90. The molecule has 0 aliphatic carbocycles. The van der Waals surface area contributed by atoms with Crippen LogP contribution < -0.4 is 10.2 Å². The normalized spacial score (nSPS) is 17.2. The topological polar surface area (TPSA) is 35.5 Å². The standard InChI is InChI=1S/C13H19ClN2O/c14-9-13(17)10-15-11-4-3-5-12(8-11)16-6-1-2-7-16/h3-5,8,13,15,17H,1-2,6-7,9-10H2. The number of benzene rings is 1. The Morgan fingerprint density at radius 1 is 1.35 bits per heavy atom. The molecule has 1 aromatic carbocycles. The van der Waals surface area contributed by atoms with Gasteiger partial charge in [0.05, 0.1) is 12.0 Å². The SMILES string of the molecule is OC(CCl)CNc1cccc(N2CCCC2)c1. The van der Waals surface area contributed by atoms with Gasteiger partial charge in [-0.05, 0) is 31.0 Å². The molecular formula is C13H19ClN2O. The van der Waals surface area contributed by atoms with E-state index in [0.717, 1.165) is 18.8 Å². The number of aliphatic hydroxyl groups excluding tert-OH is 1. The summed E-state index contributed by atoms with van der Waals surface area (Å²) in [5, 5.41) is 12.6. The molecule has 0 radical (unpaired) electrons. The molecule has 1 unspecified atom stereocenters. The van der Waals surface area contributed by atoms with Gasteiger partial charge in [-0.2, -0.15) is 0 Å². The number of nitrogens with zero attached hydrogens (tertiary/aromatic N) is 1. The lowest BCUT2D eigenvalue weighted by Gasteiger charge is -2.19. The van der Waals surface area contributed by atoms with E-state index in [-0.39, 0.29) is 5.88 Å². The Morgan fingerprint density at radius 2 is 2.12 bits per heavy atom. The molecule has 0 bridgehead atoms. The Kier molecular flexibility index (Phi) is 4.51. The monoisotopic (exact) mass is 254 g/mol. The number of alkyl halides is 1. The maximum absolute atomic E-state index is 9.40. The molecule has 2 N–H and O–H groups in total. The summed E-state index contributed by atoms with van der Waals surface area (Å²) in [7, 11) is 0. The van der Waals surface area contributed by atoms with Crippen LogP contribution in [-0.4, -0.2) is 36.7 Å². The van der Waals surface area contributed by atoms with Crippen molar-refractivity contribution in [1.82, 2.24) is 0 Å². The maximum Gasteiger partial charge on any atom is 0.0847 e. The molecule has 4 heteroatoms. The molecule has 1 aliphatic rings. The van der Waals surface area contributed by atoms with Crippen molar-refractivity contribution >= 4 is 23.0 Å². The van der Waals surface area contributed by atoms with Crippen molar-refractivity contribution in [3.8, 4) is 0 Å². The Balaban J connectivity index is 1.96. The first-order valence-corrected chi connectivity index (χ1v) is 6.66. The molecule has 1 heterocycles. The van der Waals surface area contributed by atoms with Crippen molar-refractivity contribution in [1.29, 1.82) is 0 Å². The molecule has 2 rings (SSSR count). The highest BCUT2D eigenvalue weighted by Crippen LogP contribution is 2.23. The molecule has 0 spiro atoms. The van der Waals surface area contributed by atoms with E-state index in [0.29, 0.717) is 6.54 Å². The van der Waals surface area contributed by atoms with Crippen LogP contribution in [0.3, 0.4) is 0 Å². The van der Waals surface area contributed by atoms with E-state index in [2.05, 4.69) is 22.3 Å². The van der Waals surface area contributed by atoms with E-state index in [4.69, 9.17) is 11.6 Å². The van der Waals surface area contributed by atoms with Crippen molar-refractivity contribution in [2.75, 3.05) is 35.7 Å². The van der Waals surface area contributed by atoms with Crippen molar-refractivity contribution in [2.24, 2.45) is 0 Å². The van der Waals surface area contributed by atoms with Gasteiger partial charge in [0, 0.05) is 31.0 Å². The highest BCUT2D eigenvalue weighted by Gasteiger charge is 2.12. The number of halogens is 1. The number of nitrogens with one attached hydrogen (secondary N) is 1. The molecule has 1 aromatic rings. The van der Waals surface area contributed by atoms with Gasteiger partial charge in [0.2, 0.25) is 0 Å². The molecule has 0 saturated carbocycles. The number of anilines is 2. The van der Waals surface area contributed by atoms with Gasteiger partial charge in [0.25, 0.3) is 0 Å². The van der Waals surface area contributed by atoms with Crippen LogP contribution in [0, 0.1) is 0 Å². The third-order valence-corrected chi connectivity index (χ3v) is 3.39. The van der Waals surface area contributed by atoms with Gasteiger partial charge in [-0.15, -0.1) is 11.6 Å². The second-order valence-electron chi connectivity index (χ2n) is 4.43. The van der Waals surface area contributed by atoms with Gasteiger partial charge in [-0.25, -0.2) is 0 Å².